The third kappa shape index (κ3) is 4.13. The molecule has 0 aliphatic heterocycles. The Kier molecular flexibility index (Phi) is 5.48. The molecule has 0 bridgehead atoms. The maximum atomic E-state index is 11.1. The van der Waals surface area contributed by atoms with Crippen LogP contribution in [0.1, 0.15) is 55.8 Å². The number of methoxy groups -OCH3 is 1. The van der Waals surface area contributed by atoms with Crippen LogP contribution in [0.25, 0.3) is 0 Å². The molecule has 0 atom stereocenters. The van der Waals surface area contributed by atoms with E-state index in [-0.39, 0.29) is 5.56 Å². The Labute approximate surface area is 126 Å². The Balaban J connectivity index is 2.02. The molecule has 1 aromatic carbocycles. The van der Waals surface area contributed by atoms with E-state index in [4.69, 9.17) is 9.84 Å². The van der Waals surface area contributed by atoms with E-state index < -0.39 is 5.97 Å². The van der Waals surface area contributed by atoms with Gasteiger partial charge < -0.3 is 15.2 Å². The molecule has 0 radical (unpaired) electrons. The summed E-state index contributed by atoms with van der Waals surface area (Å²) in [5, 5.41) is 12.6. The van der Waals surface area contributed by atoms with Crippen LogP contribution in [0.15, 0.2) is 18.2 Å². The van der Waals surface area contributed by atoms with Gasteiger partial charge in [0.2, 0.25) is 0 Å². The van der Waals surface area contributed by atoms with E-state index >= 15 is 0 Å². The van der Waals surface area contributed by atoms with Crippen molar-refractivity contribution in [1.29, 1.82) is 0 Å². The van der Waals surface area contributed by atoms with Gasteiger partial charge in [0.05, 0.1) is 18.4 Å². The van der Waals surface area contributed by atoms with Crippen LogP contribution in [0.4, 0.5) is 5.69 Å². The minimum atomic E-state index is -0.910. The second-order valence-corrected chi connectivity index (χ2v) is 5.87. The van der Waals surface area contributed by atoms with Gasteiger partial charge in [-0.2, -0.15) is 0 Å². The van der Waals surface area contributed by atoms with Crippen LogP contribution in [0.5, 0.6) is 5.75 Å². The molecule has 0 amide bonds. The third-order valence-electron chi connectivity index (χ3n) is 4.35. The van der Waals surface area contributed by atoms with Crippen molar-refractivity contribution in [3.63, 3.8) is 0 Å². The van der Waals surface area contributed by atoms with Crippen molar-refractivity contribution in [3.05, 3.63) is 23.8 Å². The highest BCUT2D eigenvalue weighted by Gasteiger charge is 2.21. The molecular weight excluding hydrogens is 266 g/mol. The van der Waals surface area contributed by atoms with Gasteiger partial charge in [-0.15, -0.1) is 0 Å². The summed E-state index contributed by atoms with van der Waals surface area (Å²) in [5.41, 5.74) is 1.08. The second kappa shape index (κ2) is 7.34. The summed E-state index contributed by atoms with van der Waals surface area (Å²) in [6.45, 7) is 2.24. The summed E-state index contributed by atoms with van der Waals surface area (Å²) in [6, 6.07) is 5.37. The van der Waals surface area contributed by atoms with Gasteiger partial charge in [-0.3, -0.25) is 0 Å². The molecule has 0 unspecified atom stereocenters. The van der Waals surface area contributed by atoms with Crippen molar-refractivity contribution in [3.8, 4) is 5.75 Å². The Bertz CT molecular complexity index is 479. The average Bonchev–Trinajstić information content (AvgIpc) is 2.49. The number of aromatic carboxylic acids is 1. The number of anilines is 1. The van der Waals surface area contributed by atoms with Crippen molar-refractivity contribution < 1.29 is 14.6 Å². The average molecular weight is 291 g/mol. The maximum Gasteiger partial charge on any atom is 0.335 e. The fourth-order valence-electron chi connectivity index (χ4n) is 3.18. The topological polar surface area (TPSA) is 58.6 Å². The summed E-state index contributed by atoms with van der Waals surface area (Å²) in [7, 11) is 1.61. The highest BCUT2D eigenvalue weighted by Crippen LogP contribution is 2.32. The van der Waals surface area contributed by atoms with Gasteiger partial charge in [-0.05, 0) is 49.8 Å². The quantitative estimate of drug-likeness (QED) is 0.826. The van der Waals surface area contributed by atoms with Gasteiger partial charge in [0.25, 0.3) is 0 Å². The smallest absolute Gasteiger partial charge is 0.335 e. The molecule has 1 saturated carbocycles. The summed E-state index contributed by atoms with van der Waals surface area (Å²) in [6.07, 6.45) is 7.39. The molecule has 21 heavy (non-hydrogen) atoms. The molecule has 1 aromatic rings. The zero-order valence-corrected chi connectivity index (χ0v) is 12.9. The van der Waals surface area contributed by atoms with E-state index in [0.29, 0.717) is 11.8 Å². The summed E-state index contributed by atoms with van der Waals surface area (Å²) < 4.78 is 5.33. The Morgan fingerprint density at radius 2 is 2.05 bits per heavy atom. The lowest BCUT2D eigenvalue weighted by molar-refractivity contribution is 0.0697. The van der Waals surface area contributed by atoms with Crippen LogP contribution in [-0.4, -0.2) is 24.2 Å². The van der Waals surface area contributed by atoms with Gasteiger partial charge in [0.15, 0.2) is 0 Å². The number of carboxylic acid groups (broad SMARTS) is 1. The summed E-state index contributed by atoms with van der Waals surface area (Å²) in [4.78, 5) is 11.1. The Morgan fingerprint density at radius 3 is 2.62 bits per heavy atom. The molecule has 2 N–H and O–H groups in total. The maximum absolute atomic E-state index is 11.1. The monoisotopic (exact) mass is 291 g/mol. The Morgan fingerprint density at radius 1 is 1.33 bits per heavy atom. The molecule has 116 valence electrons. The number of carboxylic acids is 1. The lowest BCUT2D eigenvalue weighted by atomic mass is 9.83. The van der Waals surface area contributed by atoms with Crippen molar-refractivity contribution >= 4 is 11.7 Å². The van der Waals surface area contributed by atoms with Crippen molar-refractivity contribution in [2.45, 2.75) is 51.5 Å². The molecule has 1 fully saturated rings. The first-order valence-electron chi connectivity index (χ1n) is 7.82. The zero-order chi connectivity index (χ0) is 15.2. The molecule has 1 aliphatic carbocycles. The fourth-order valence-corrected chi connectivity index (χ4v) is 3.18. The highest BCUT2D eigenvalue weighted by atomic mass is 16.5. The minimum absolute atomic E-state index is 0.290. The predicted octanol–water partition coefficient (Wildman–Crippen LogP) is 4.16. The molecule has 0 heterocycles. The fraction of sp³-hybridized carbons (Fsp3) is 0.588. The number of hydrogen-bond donors (Lipinski definition) is 2. The largest absolute Gasteiger partial charge is 0.495 e. The molecule has 0 aromatic heterocycles. The van der Waals surface area contributed by atoms with Crippen LogP contribution >= 0.6 is 0 Å². The number of carbonyl (C=O) groups is 1. The van der Waals surface area contributed by atoms with Gasteiger partial charge in [-0.25, -0.2) is 4.79 Å². The molecule has 0 spiro atoms. The lowest BCUT2D eigenvalue weighted by Crippen LogP contribution is -2.26. The molecule has 1 aliphatic rings. The van der Waals surface area contributed by atoms with Crippen LogP contribution in [-0.2, 0) is 0 Å². The minimum Gasteiger partial charge on any atom is -0.495 e. The standard InChI is InChI=1S/C17H25NO3/c1-3-4-12-5-8-14(9-6-12)18-15-11-13(17(19)20)7-10-16(15)21-2/h7,10-12,14,18H,3-6,8-9H2,1-2H3,(H,19,20). The van der Waals surface area contributed by atoms with E-state index in [9.17, 15) is 4.79 Å². The molecule has 4 nitrogen and oxygen atoms in total. The molecule has 4 heteroatoms. The van der Waals surface area contributed by atoms with Crippen LogP contribution in [0, 0.1) is 5.92 Å². The summed E-state index contributed by atoms with van der Waals surface area (Å²) >= 11 is 0. The van der Waals surface area contributed by atoms with Crippen molar-refractivity contribution in [1.82, 2.24) is 0 Å². The number of benzene rings is 1. The molecular formula is C17H25NO3. The van der Waals surface area contributed by atoms with Crippen LogP contribution in [0.3, 0.4) is 0 Å². The van der Waals surface area contributed by atoms with Gasteiger partial charge in [0, 0.05) is 6.04 Å². The molecule has 2 rings (SSSR count). The van der Waals surface area contributed by atoms with Crippen LogP contribution < -0.4 is 10.1 Å². The number of nitrogens with one attached hydrogen (secondary N) is 1. The SMILES string of the molecule is CCCC1CCC(Nc2cc(C(=O)O)ccc2OC)CC1. The van der Waals surface area contributed by atoms with E-state index in [2.05, 4.69) is 12.2 Å². The number of rotatable bonds is 6. The number of ether oxygens (including phenoxy) is 1. The first-order valence-corrected chi connectivity index (χ1v) is 7.82. The normalized spacial score (nSPS) is 21.8. The van der Waals surface area contributed by atoms with Gasteiger partial charge in [0.1, 0.15) is 5.75 Å². The van der Waals surface area contributed by atoms with E-state index in [1.165, 1.54) is 25.7 Å². The predicted molar refractivity (Wildman–Crippen MR) is 84.2 cm³/mol. The first kappa shape index (κ1) is 15.7. The van der Waals surface area contributed by atoms with E-state index in [1.807, 2.05) is 0 Å². The van der Waals surface area contributed by atoms with E-state index in [0.717, 1.165) is 24.4 Å². The van der Waals surface area contributed by atoms with Gasteiger partial charge >= 0.3 is 5.97 Å². The van der Waals surface area contributed by atoms with E-state index in [1.54, 1.807) is 25.3 Å². The third-order valence-corrected chi connectivity index (χ3v) is 4.35. The lowest BCUT2D eigenvalue weighted by Gasteiger charge is -2.30. The summed E-state index contributed by atoms with van der Waals surface area (Å²) in [5.74, 6) is 0.656. The Hall–Kier alpha value is -1.71. The molecule has 0 saturated heterocycles. The highest BCUT2D eigenvalue weighted by molar-refractivity contribution is 5.89. The first-order chi connectivity index (χ1) is 10.1. The second-order valence-electron chi connectivity index (χ2n) is 5.87. The van der Waals surface area contributed by atoms with Gasteiger partial charge in [-0.1, -0.05) is 19.8 Å². The van der Waals surface area contributed by atoms with Crippen molar-refractivity contribution in [2.75, 3.05) is 12.4 Å². The number of hydrogen-bond acceptors (Lipinski definition) is 3. The zero-order valence-electron chi connectivity index (χ0n) is 12.9. The van der Waals surface area contributed by atoms with Crippen molar-refractivity contribution in [2.24, 2.45) is 5.92 Å². The van der Waals surface area contributed by atoms with Crippen LogP contribution in [0.2, 0.25) is 0 Å².